The number of nitrogens with one attached hydrogen (secondary N) is 1. The summed E-state index contributed by atoms with van der Waals surface area (Å²) >= 11 is 1.37. The fraction of sp³-hybridized carbons (Fsp3) is 0.515. The summed E-state index contributed by atoms with van der Waals surface area (Å²) in [6.45, 7) is 11.8. The van der Waals surface area contributed by atoms with Gasteiger partial charge in [0.1, 0.15) is 23.9 Å². The third kappa shape index (κ3) is 5.91. The van der Waals surface area contributed by atoms with Crippen molar-refractivity contribution in [3.05, 3.63) is 52.5 Å². The van der Waals surface area contributed by atoms with Gasteiger partial charge in [-0.15, -0.1) is 11.3 Å². The number of thiazole rings is 1. The monoisotopic (exact) mass is 590 g/mol. The molecule has 0 aliphatic heterocycles. The Morgan fingerprint density at radius 2 is 1.78 bits per heavy atom. The maximum absolute atomic E-state index is 12.9. The lowest BCUT2D eigenvalue weighted by molar-refractivity contribution is 0.0710. The van der Waals surface area contributed by atoms with Crippen molar-refractivity contribution in [2.75, 3.05) is 13.2 Å². The number of hydrogen-bond acceptors (Lipinski definition) is 6. The average Bonchev–Trinajstić information content (AvgIpc) is 3.32. The zero-order valence-electron chi connectivity index (χ0n) is 24.8. The number of nitrogens with zero attached hydrogens (tertiary/aromatic N) is 1. The number of rotatable bonds is 8. The van der Waals surface area contributed by atoms with Gasteiger partial charge in [-0.1, -0.05) is 32.4 Å². The summed E-state index contributed by atoms with van der Waals surface area (Å²) in [5, 5.41) is 13.6. The Labute approximate surface area is 248 Å². The first kappa shape index (κ1) is 28.3. The molecule has 2 aromatic carbocycles. The molecule has 0 spiro atoms. The lowest BCUT2D eigenvalue weighted by atomic mass is 9.54. The standard InChI is InChI=1S/C33H42N2O4SSi/c1-33(2,3)41(4,5)39-26-8-9-28-30(19-26)40-32(35-28)31(37)34-10-11-38-29-18-25(36)7-6-22(29)17-27-23-13-20-12-21(15-23)16-24(27)14-20/h6-9,17-21,23-24,36H,10-16H2,1-5H3,(H,34,37). The van der Waals surface area contributed by atoms with Crippen molar-refractivity contribution in [1.82, 2.24) is 10.3 Å². The highest BCUT2D eigenvalue weighted by atomic mass is 32.1. The summed E-state index contributed by atoms with van der Waals surface area (Å²) in [6.07, 6.45) is 9.07. The number of fused-ring (bicyclic) bond motifs is 1. The Morgan fingerprint density at radius 3 is 2.46 bits per heavy atom. The zero-order valence-corrected chi connectivity index (χ0v) is 26.6. The second-order valence-electron chi connectivity index (χ2n) is 13.8. The molecule has 4 fully saturated rings. The number of carbonyl (C=O) groups is 1. The van der Waals surface area contributed by atoms with Crippen LogP contribution < -0.4 is 14.5 Å². The van der Waals surface area contributed by atoms with Crippen LogP contribution in [0.5, 0.6) is 17.2 Å². The zero-order chi connectivity index (χ0) is 28.9. The van der Waals surface area contributed by atoms with Gasteiger partial charge in [0.05, 0.1) is 16.8 Å². The maximum Gasteiger partial charge on any atom is 0.280 e. The van der Waals surface area contributed by atoms with Gasteiger partial charge in [-0.3, -0.25) is 4.79 Å². The number of allylic oxidation sites excluding steroid dienone is 1. The predicted molar refractivity (Wildman–Crippen MR) is 168 cm³/mol. The Hall–Kier alpha value is -2.84. The van der Waals surface area contributed by atoms with E-state index in [0.29, 0.717) is 35.7 Å². The lowest BCUT2D eigenvalue weighted by Crippen LogP contribution is -2.43. The first-order chi connectivity index (χ1) is 19.4. The first-order valence-electron chi connectivity index (χ1n) is 15.0. The minimum atomic E-state index is -1.95. The van der Waals surface area contributed by atoms with Crippen LogP contribution in [0, 0.1) is 23.7 Å². The maximum atomic E-state index is 12.9. The van der Waals surface area contributed by atoms with Crippen molar-refractivity contribution in [2.45, 2.75) is 71.0 Å². The summed E-state index contributed by atoms with van der Waals surface area (Å²) < 4.78 is 13.5. The molecule has 6 nitrogen and oxygen atoms in total. The van der Waals surface area contributed by atoms with E-state index in [0.717, 1.165) is 33.4 Å². The summed E-state index contributed by atoms with van der Waals surface area (Å²) in [5.41, 5.74) is 3.38. The molecular weight excluding hydrogens is 549 g/mol. The summed E-state index contributed by atoms with van der Waals surface area (Å²) in [5.74, 6) is 4.71. The summed E-state index contributed by atoms with van der Waals surface area (Å²) in [4.78, 5) is 17.4. The molecule has 4 aliphatic carbocycles. The number of aromatic hydroxyl groups is 1. The summed E-state index contributed by atoms with van der Waals surface area (Å²) in [6, 6.07) is 11.2. The number of phenols is 1. The molecule has 0 radical (unpaired) electrons. The molecule has 0 saturated heterocycles. The van der Waals surface area contributed by atoms with Crippen LogP contribution in [-0.2, 0) is 0 Å². The molecule has 8 heteroatoms. The second-order valence-corrected chi connectivity index (χ2v) is 19.5. The fourth-order valence-corrected chi connectivity index (χ4v) is 8.76. The van der Waals surface area contributed by atoms with Gasteiger partial charge in [0.15, 0.2) is 5.01 Å². The molecule has 1 amide bonds. The SMILES string of the molecule is CC(C)(C)[Si](C)(C)Oc1ccc2nc(C(=O)NCCOc3cc(O)ccc3C=C3C4CC5CC(C4)CC3C5)sc2c1. The minimum absolute atomic E-state index is 0.105. The Morgan fingerprint density at radius 1 is 1.07 bits per heavy atom. The molecule has 3 aromatic rings. The van der Waals surface area contributed by atoms with Gasteiger partial charge in [0.25, 0.3) is 5.91 Å². The van der Waals surface area contributed by atoms with Crippen molar-refractivity contribution in [2.24, 2.45) is 23.7 Å². The second kappa shape index (κ2) is 10.8. The average molecular weight is 591 g/mol. The lowest BCUT2D eigenvalue weighted by Gasteiger charge is -2.51. The molecule has 4 aliphatic rings. The molecule has 0 atom stereocenters. The van der Waals surface area contributed by atoms with Gasteiger partial charge in [-0.2, -0.15) is 0 Å². The summed E-state index contributed by atoms with van der Waals surface area (Å²) in [7, 11) is -1.95. The Bertz CT molecular complexity index is 1460. The number of hydrogen-bond donors (Lipinski definition) is 2. The van der Waals surface area contributed by atoms with Crippen LogP contribution in [-0.4, -0.2) is 37.5 Å². The highest BCUT2D eigenvalue weighted by Crippen LogP contribution is 2.56. The Balaban J connectivity index is 1.07. The number of phenolic OH excluding ortho intramolecular Hbond substituents is 1. The van der Waals surface area contributed by atoms with Crippen LogP contribution in [0.15, 0.2) is 42.0 Å². The van der Waals surface area contributed by atoms with E-state index < -0.39 is 8.32 Å². The normalized spacial score (nSPS) is 23.6. The van der Waals surface area contributed by atoms with E-state index in [1.54, 1.807) is 17.7 Å². The van der Waals surface area contributed by atoms with E-state index >= 15 is 0 Å². The van der Waals surface area contributed by atoms with Gasteiger partial charge in [0.2, 0.25) is 8.32 Å². The van der Waals surface area contributed by atoms with Crippen molar-refractivity contribution in [3.63, 3.8) is 0 Å². The van der Waals surface area contributed by atoms with Crippen molar-refractivity contribution < 1.29 is 19.1 Å². The number of ether oxygens (including phenoxy) is 1. The molecule has 4 saturated carbocycles. The molecule has 4 bridgehead atoms. The molecule has 1 aromatic heterocycles. The predicted octanol–water partition coefficient (Wildman–Crippen LogP) is 8.03. The van der Waals surface area contributed by atoms with Gasteiger partial charge in [0, 0.05) is 11.6 Å². The molecule has 7 rings (SSSR count). The van der Waals surface area contributed by atoms with Crippen LogP contribution in [0.25, 0.3) is 16.3 Å². The third-order valence-electron chi connectivity index (χ3n) is 9.78. The molecule has 41 heavy (non-hydrogen) atoms. The first-order valence-corrected chi connectivity index (χ1v) is 18.7. The number of carbonyl (C=O) groups excluding carboxylic acids is 1. The Kier molecular flexibility index (Phi) is 7.43. The van der Waals surface area contributed by atoms with Crippen LogP contribution in [0.2, 0.25) is 18.1 Å². The number of aromatic nitrogens is 1. The third-order valence-corrected chi connectivity index (χ3v) is 15.2. The van der Waals surface area contributed by atoms with Crippen LogP contribution >= 0.6 is 11.3 Å². The van der Waals surface area contributed by atoms with Crippen LogP contribution in [0.3, 0.4) is 0 Å². The van der Waals surface area contributed by atoms with Gasteiger partial charge >= 0.3 is 0 Å². The highest BCUT2D eigenvalue weighted by molar-refractivity contribution is 7.20. The molecule has 2 N–H and O–H groups in total. The van der Waals surface area contributed by atoms with E-state index in [1.807, 2.05) is 24.3 Å². The topological polar surface area (TPSA) is 80.7 Å². The van der Waals surface area contributed by atoms with Crippen molar-refractivity contribution in [1.29, 1.82) is 0 Å². The van der Waals surface area contributed by atoms with Gasteiger partial charge in [-0.25, -0.2) is 4.98 Å². The van der Waals surface area contributed by atoms with Crippen LogP contribution in [0.4, 0.5) is 0 Å². The molecule has 1 heterocycles. The largest absolute Gasteiger partial charge is 0.543 e. The van der Waals surface area contributed by atoms with Gasteiger partial charge in [-0.05, 0) is 104 Å². The number of benzene rings is 2. The van der Waals surface area contributed by atoms with E-state index in [2.05, 4.69) is 50.2 Å². The minimum Gasteiger partial charge on any atom is -0.543 e. The van der Waals surface area contributed by atoms with E-state index in [4.69, 9.17) is 9.16 Å². The smallest absolute Gasteiger partial charge is 0.280 e. The molecular formula is C33H42N2O4SSi. The van der Waals surface area contributed by atoms with E-state index in [1.165, 1.54) is 43.4 Å². The van der Waals surface area contributed by atoms with Crippen LogP contribution in [0.1, 0.15) is 68.2 Å². The quantitative estimate of drug-likeness (QED) is 0.205. The van der Waals surface area contributed by atoms with E-state index in [-0.39, 0.29) is 16.7 Å². The number of amides is 1. The molecule has 218 valence electrons. The van der Waals surface area contributed by atoms with E-state index in [9.17, 15) is 9.90 Å². The highest BCUT2D eigenvalue weighted by Gasteiger charge is 2.45. The van der Waals surface area contributed by atoms with Crippen molar-refractivity contribution >= 4 is 41.9 Å². The van der Waals surface area contributed by atoms with Crippen molar-refractivity contribution in [3.8, 4) is 17.2 Å². The molecule has 0 unspecified atom stereocenters. The van der Waals surface area contributed by atoms with Gasteiger partial charge < -0.3 is 19.6 Å². The fourth-order valence-electron chi connectivity index (χ4n) is 6.83.